The molecular formula is C49H44N6O6. The standard InChI is InChI=1S/C49H44N6O6/c1-31-10-17-44-40(20-31)43(56)25-47(61-44)49(58)53-41-24-46(60-4)45(59-3)23-39(41)48(57)52-38-14-11-32(12-15-38)18-19-55(29-33-13-16-42-37(21-33)28-51-54(42)2)30-34-22-36(27-50-26-34)35-8-6-5-7-9-35/h5-17,20-28H,18-19,29-30H2,1-4H3,(H,52,57)(H,53,58). The second-order valence-corrected chi connectivity index (χ2v) is 14.9. The number of benzene rings is 5. The van der Waals surface area contributed by atoms with Gasteiger partial charge >= 0.3 is 0 Å². The summed E-state index contributed by atoms with van der Waals surface area (Å²) in [6, 6.07) is 35.9. The summed E-state index contributed by atoms with van der Waals surface area (Å²) in [7, 11) is 4.86. The number of hydrogen-bond acceptors (Lipinski definition) is 9. The van der Waals surface area contributed by atoms with Crippen molar-refractivity contribution in [3.63, 3.8) is 0 Å². The average Bonchev–Trinajstić information content (AvgIpc) is 3.65. The van der Waals surface area contributed by atoms with Crippen LogP contribution in [0.25, 0.3) is 33.0 Å². The van der Waals surface area contributed by atoms with Crippen LogP contribution >= 0.6 is 0 Å². The number of carbonyl (C=O) groups excluding carboxylic acids is 2. The molecule has 0 unspecified atom stereocenters. The van der Waals surface area contributed by atoms with Gasteiger partial charge in [-0.3, -0.25) is 28.9 Å². The van der Waals surface area contributed by atoms with Crippen molar-refractivity contribution >= 4 is 45.1 Å². The normalized spacial score (nSPS) is 11.2. The molecule has 0 atom stereocenters. The first kappa shape index (κ1) is 40.2. The van der Waals surface area contributed by atoms with Gasteiger partial charge in [0, 0.05) is 67.8 Å². The largest absolute Gasteiger partial charge is 0.493 e. The van der Waals surface area contributed by atoms with Crippen molar-refractivity contribution in [2.75, 3.05) is 31.4 Å². The third-order valence-electron chi connectivity index (χ3n) is 10.6. The number of amides is 2. The third-order valence-corrected chi connectivity index (χ3v) is 10.6. The Morgan fingerprint density at radius 2 is 1.49 bits per heavy atom. The fourth-order valence-corrected chi connectivity index (χ4v) is 7.38. The van der Waals surface area contributed by atoms with Gasteiger partial charge in [-0.05, 0) is 84.1 Å². The maximum absolute atomic E-state index is 13.9. The summed E-state index contributed by atoms with van der Waals surface area (Å²) >= 11 is 0. The number of rotatable bonds is 14. The number of fused-ring (bicyclic) bond motifs is 2. The Labute approximate surface area is 352 Å². The van der Waals surface area contributed by atoms with E-state index in [1.165, 1.54) is 31.9 Å². The fraction of sp³-hybridized carbons (Fsp3) is 0.163. The van der Waals surface area contributed by atoms with E-state index in [0.717, 1.165) is 64.3 Å². The van der Waals surface area contributed by atoms with Crippen LogP contribution < -0.4 is 25.5 Å². The molecule has 12 heteroatoms. The van der Waals surface area contributed by atoms with Gasteiger partial charge in [-0.25, -0.2) is 0 Å². The number of anilines is 2. The molecule has 8 rings (SSSR count). The number of ether oxygens (including phenoxy) is 2. The van der Waals surface area contributed by atoms with Gasteiger partial charge in [0.25, 0.3) is 11.8 Å². The first-order valence-corrected chi connectivity index (χ1v) is 19.8. The molecule has 2 amide bonds. The molecule has 0 aliphatic heterocycles. The van der Waals surface area contributed by atoms with Crippen LogP contribution in [-0.4, -0.2) is 52.2 Å². The Kier molecular flexibility index (Phi) is 11.7. The predicted molar refractivity (Wildman–Crippen MR) is 237 cm³/mol. The summed E-state index contributed by atoms with van der Waals surface area (Å²) in [5.41, 5.74) is 8.28. The molecule has 0 saturated heterocycles. The Morgan fingerprint density at radius 1 is 0.738 bits per heavy atom. The molecule has 0 aliphatic rings. The molecule has 3 heterocycles. The highest BCUT2D eigenvalue weighted by molar-refractivity contribution is 6.12. The van der Waals surface area contributed by atoms with Crippen molar-refractivity contribution in [1.29, 1.82) is 0 Å². The highest BCUT2D eigenvalue weighted by atomic mass is 16.5. The van der Waals surface area contributed by atoms with Crippen LogP contribution in [0.1, 0.15) is 43.2 Å². The van der Waals surface area contributed by atoms with Crippen molar-refractivity contribution in [3.8, 4) is 22.6 Å². The van der Waals surface area contributed by atoms with E-state index in [1.54, 1.807) is 18.2 Å². The SMILES string of the molecule is COc1cc(NC(=O)c2cc(=O)c3cc(C)ccc3o2)c(C(=O)Nc2ccc(CCN(Cc3cncc(-c4ccccc4)c3)Cc3ccc4c(cnn4C)c3)cc2)cc1OC. The van der Waals surface area contributed by atoms with E-state index in [9.17, 15) is 14.4 Å². The number of pyridine rings is 1. The molecule has 2 N–H and O–H groups in total. The van der Waals surface area contributed by atoms with Crippen molar-refractivity contribution in [2.24, 2.45) is 7.05 Å². The highest BCUT2D eigenvalue weighted by Crippen LogP contribution is 2.34. The van der Waals surface area contributed by atoms with Crippen LogP contribution in [0.5, 0.6) is 11.5 Å². The predicted octanol–water partition coefficient (Wildman–Crippen LogP) is 8.82. The molecule has 0 spiro atoms. The maximum atomic E-state index is 13.9. The summed E-state index contributed by atoms with van der Waals surface area (Å²) in [6.45, 7) is 4.05. The van der Waals surface area contributed by atoms with Gasteiger partial charge in [0.05, 0.1) is 42.6 Å². The van der Waals surface area contributed by atoms with Crippen molar-refractivity contribution in [2.45, 2.75) is 26.4 Å². The molecule has 0 fully saturated rings. The maximum Gasteiger partial charge on any atom is 0.291 e. The number of methoxy groups -OCH3 is 2. The Hall–Kier alpha value is -7.57. The summed E-state index contributed by atoms with van der Waals surface area (Å²) in [4.78, 5) is 47.2. The Bertz CT molecular complexity index is 2940. The second-order valence-electron chi connectivity index (χ2n) is 14.9. The Morgan fingerprint density at radius 3 is 2.28 bits per heavy atom. The number of hydrogen-bond donors (Lipinski definition) is 2. The molecule has 0 bridgehead atoms. The lowest BCUT2D eigenvalue weighted by molar-refractivity contribution is 0.0997. The zero-order valence-corrected chi connectivity index (χ0v) is 34.3. The van der Waals surface area contributed by atoms with Gasteiger partial charge < -0.3 is 24.5 Å². The first-order chi connectivity index (χ1) is 29.6. The smallest absolute Gasteiger partial charge is 0.291 e. The lowest BCUT2D eigenvalue weighted by Crippen LogP contribution is -2.25. The number of aryl methyl sites for hydroxylation is 2. The second kappa shape index (κ2) is 17.7. The molecule has 3 aromatic heterocycles. The summed E-state index contributed by atoms with van der Waals surface area (Å²) in [6.07, 6.45) is 6.48. The third kappa shape index (κ3) is 9.19. The van der Waals surface area contributed by atoms with E-state index in [2.05, 4.69) is 62.0 Å². The molecule has 0 aliphatic carbocycles. The van der Waals surface area contributed by atoms with Crippen LogP contribution in [-0.2, 0) is 26.6 Å². The molecule has 306 valence electrons. The minimum atomic E-state index is -0.711. The first-order valence-electron chi connectivity index (χ1n) is 19.8. The quantitative estimate of drug-likeness (QED) is 0.110. The van der Waals surface area contributed by atoms with Crippen LogP contribution in [0.15, 0.2) is 143 Å². The average molecular weight is 813 g/mol. The van der Waals surface area contributed by atoms with E-state index < -0.39 is 11.8 Å². The molecular weight excluding hydrogens is 769 g/mol. The zero-order chi connectivity index (χ0) is 42.5. The monoisotopic (exact) mass is 812 g/mol. The lowest BCUT2D eigenvalue weighted by atomic mass is 10.1. The van der Waals surface area contributed by atoms with Crippen molar-refractivity contribution in [1.82, 2.24) is 19.7 Å². The topological polar surface area (TPSA) is 141 Å². The molecule has 61 heavy (non-hydrogen) atoms. The van der Waals surface area contributed by atoms with Gasteiger partial charge in [-0.2, -0.15) is 5.10 Å². The van der Waals surface area contributed by atoms with Crippen LogP contribution in [0.4, 0.5) is 11.4 Å². The molecule has 12 nitrogen and oxygen atoms in total. The van der Waals surface area contributed by atoms with Crippen LogP contribution in [0.3, 0.4) is 0 Å². The number of nitrogens with one attached hydrogen (secondary N) is 2. The van der Waals surface area contributed by atoms with Crippen molar-refractivity contribution < 1.29 is 23.5 Å². The minimum Gasteiger partial charge on any atom is -0.493 e. The van der Waals surface area contributed by atoms with Gasteiger partial charge in [-0.15, -0.1) is 0 Å². The van der Waals surface area contributed by atoms with Gasteiger partial charge in [0.2, 0.25) is 0 Å². The zero-order valence-electron chi connectivity index (χ0n) is 34.3. The summed E-state index contributed by atoms with van der Waals surface area (Å²) in [5.74, 6) is -0.829. The molecule has 5 aromatic carbocycles. The number of aromatic nitrogens is 3. The van der Waals surface area contributed by atoms with E-state index >= 15 is 0 Å². The molecule has 8 aromatic rings. The Balaban J connectivity index is 0.985. The fourth-order valence-electron chi connectivity index (χ4n) is 7.38. The van der Waals surface area contributed by atoms with E-state index in [4.69, 9.17) is 13.9 Å². The highest BCUT2D eigenvalue weighted by Gasteiger charge is 2.21. The molecule has 0 saturated carbocycles. The van der Waals surface area contributed by atoms with E-state index in [1.807, 2.05) is 79.7 Å². The minimum absolute atomic E-state index is 0.111. The van der Waals surface area contributed by atoms with Gasteiger partial charge in [-0.1, -0.05) is 60.2 Å². The lowest BCUT2D eigenvalue weighted by Gasteiger charge is -2.23. The number of carbonyl (C=O) groups is 2. The van der Waals surface area contributed by atoms with Gasteiger partial charge in [0.15, 0.2) is 22.7 Å². The van der Waals surface area contributed by atoms with Gasteiger partial charge in [0.1, 0.15) is 5.58 Å². The van der Waals surface area contributed by atoms with E-state index in [0.29, 0.717) is 29.1 Å². The summed E-state index contributed by atoms with van der Waals surface area (Å²) < 4.78 is 18.6. The van der Waals surface area contributed by atoms with Crippen LogP contribution in [0.2, 0.25) is 0 Å². The van der Waals surface area contributed by atoms with E-state index in [-0.39, 0.29) is 28.0 Å². The summed E-state index contributed by atoms with van der Waals surface area (Å²) in [5, 5.41) is 11.6. The number of nitrogens with zero attached hydrogens (tertiary/aromatic N) is 4. The van der Waals surface area contributed by atoms with Crippen LogP contribution in [0, 0.1) is 6.92 Å². The molecule has 0 radical (unpaired) electrons. The van der Waals surface area contributed by atoms with Crippen molar-refractivity contribution in [3.05, 3.63) is 178 Å².